The van der Waals surface area contributed by atoms with Gasteiger partial charge in [0, 0.05) is 10.9 Å². The van der Waals surface area contributed by atoms with Gasteiger partial charge in [-0.2, -0.15) is 0 Å². The molecule has 0 aliphatic rings. The molecule has 0 spiro atoms. The first-order valence-corrected chi connectivity index (χ1v) is 8.84. The van der Waals surface area contributed by atoms with E-state index in [1.165, 1.54) is 21.3 Å². The van der Waals surface area contributed by atoms with Gasteiger partial charge in [-0.05, 0) is 36.4 Å². The van der Waals surface area contributed by atoms with Gasteiger partial charge in [-0.1, -0.05) is 0 Å². The first-order valence-electron chi connectivity index (χ1n) is 8.84. The number of methoxy groups -OCH3 is 4. The van der Waals surface area contributed by atoms with Crippen molar-refractivity contribution in [2.24, 2.45) is 0 Å². The van der Waals surface area contributed by atoms with Gasteiger partial charge in [-0.15, -0.1) is 10.2 Å². The normalized spacial score (nSPS) is 10.8. The van der Waals surface area contributed by atoms with Crippen molar-refractivity contribution >= 4 is 11.0 Å². The van der Waals surface area contributed by atoms with Crippen molar-refractivity contribution in [1.29, 1.82) is 0 Å². The molecule has 4 aromatic rings. The van der Waals surface area contributed by atoms with Gasteiger partial charge in [0.1, 0.15) is 16.9 Å². The van der Waals surface area contributed by atoms with Crippen LogP contribution in [-0.4, -0.2) is 38.6 Å². The highest BCUT2D eigenvalue weighted by Gasteiger charge is 2.20. The second kappa shape index (κ2) is 7.78. The van der Waals surface area contributed by atoms with E-state index < -0.39 is 5.63 Å². The fourth-order valence-electron chi connectivity index (χ4n) is 3.03. The molecule has 0 bridgehead atoms. The average Bonchev–Trinajstić information content (AvgIpc) is 3.27. The Morgan fingerprint density at radius 1 is 0.767 bits per heavy atom. The second-order valence-electron chi connectivity index (χ2n) is 6.18. The van der Waals surface area contributed by atoms with Crippen LogP contribution in [0.3, 0.4) is 0 Å². The summed E-state index contributed by atoms with van der Waals surface area (Å²) in [5.41, 5.74) is 0.513. The fraction of sp³-hybridized carbons (Fsp3) is 0.190. The maximum absolute atomic E-state index is 12.4. The van der Waals surface area contributed by atoms with Crippen LogP contribution in [0.5, 0.6) is 23.0 Å². The van der Waals surface area contributed by atoms with Crippen LogP contribution >= 0.6 is 0 Å². The molecule has 0 aliphatic carbocycles. The molecule has 0 atom stereocenters. The molecule has 0 radical (unpaired) electrons. The zero-order valence-electron chi connectivity index (χ0n) is 16.7. The van der Waals surface area contributed by atoms with Crippen molar-refractivity contribution in [2.75, 3.05) is 28.4 Å². The van der Waals surface area contributed by atoms with Crippen LogP contribution in [0.2, 0.25) is 0 Å². The van der Waals surface area contributed by atoms with E-state index in [0.29, 0.717) is 39.5 Å². The number of ether oxygens (including phenoxy) is 4. The summed E-state index contributed by atoms with van der Waals surface area (Å²) in [6.07, 6.45) is 0. The van der Waals surface area contributed by atoms with Crippen molar-refractivity contribution < 1.29 is 27.8 Å². The lowest BCUT2D eigenvalue weighted by atomic mass is 10.1. The predicted molar refractivity (Wildman–Crippen MR) is 107 cm³/mol. The van der Waals surface area contributed by atoms with Crippen molar-refractivity contribution in [3.8, 4) is 45.9 Å². The van der Waals surface area contributed by atoms with E-state index in [1.54, 1.807) is 43.5 Å². The fourth-order valence-corrected chi connectivity index (χ4v) is 3.03. The van der Waals surface area contributed by atoms with Crippen molar-refractivity contribution in [2.45, 2.75) is 0 Å². The molecule has 2 heterocycles. The maximum Gasteiger partial charge on any atom is 0.349 e. The molecule has 0 N–H and O–H groups in total. The van der Waals surface area contributed by atoms with Crippen LogP contribution in [0.15, 0.2) is 50.0 Å². The van der Waals surface area contributed by atoms with Gasteiger partial charge < -0.3 is 27.8 Å². The molecule has 9 nitrogen and oxygen atoms in total. The minimum Gasteiger partial charge on any atom is -0.497 e. The van der Waals surface area contributed by atoms with Crippen molar-refractivity contribution in [3.05, 3.63) is 46.8 Å². The summed E-state index contributed by atoms with van der Waals surface area (Å²) < 4.78 is 32.4. The summed E-state index contributed by atoms with van der Waals surface area (Å²) in [6, 6.07) is 10.1. The quantitative estimate of drug-likeness (QED) is 0.441. The zero-order chi connectivity index (χ0) is 21.3. The second-order valence-corrected chi connectivity index (χ2v) is 6.18. The van der Waals surface area contributed by atoms with Gasteiger partial charge in [-0.25, -0.2) is 4.79 Å². The van der Waals surface area contributed by atoms with E-state index in [2.05, 4.69) is 10.2 Å². The number of fused-ring (bicyclic) bond motifs is 1. The number of rotatable bonds is 6. The summed E-state index contributed by atoms with van der Waals surface area (Å²) in [5, 5.41) is 8.72. The molecule has 2 aromatic heterocycles. The molecule has 154 valence electrons. The minimum atomic E-state index is -0.590. The van der Waals surface area contributed by atoms with Crippen LogP contribution in [0, 0.1) is 0 Å². The van der Waals surface area contributed by atoms with Gasteiger partial charge in [0.15, 0.2) is 11.5 Å². The number of nitrogens with zero attached hydrogens (tertiary/aromatic N) is 2. The molecule has 9 heteroatoms. The van der Waals surface area contributed by atoms with Gasteiger partial charge in [0.25, 0.3) is 5.89 Å². The van der Waals surface area contributed by atoms with Crippen molar-refractivity contribution in [1.82, 2.24) is 10.2 Å². The SMILES string of the molecule is COc1ccc2oc(=O)c(-c3nnc(-c4cc(OC)c(OC)c(OC)c4)o3)cc2c1. The largest absolute Gasteiger partial charge is 0.497 e. The smallest absolute Gasteiger partial charge is 0.349 e. The zero-order valence-corrected chi connectivity index (χ0v) is 16.7. The lowest BCUT2D eigenvalue weighted by Gasteiger charge is -2.12. The Bertz CT molecular complexity index is 1250. The lowest BCUT2D eigenvalue weighted by molar-refractivity contribution is 0.324. The molecule has 30 heavy (non-hydrogen) atoms. The minimum absolute atomic E-state index is 0.0252. The Morgan fingerprint density at radius 2 is 1.47 bits per heavy atom. The molecular formula is C21H18N2O7. The summed E-state index contributed by atoms with van der Waals surface area (Å²) in [4.78, 5) is 12.4. The number of aromatic nitrogens is 2. The molecule has 0 saturated carbocycles. The Kier molecular flexibility index (Phi) is 5.01. The van der Waals surface area contributed by atoms with Crippen LogP contribution in [-0.2, 0) is 0 Å². The van der Waals surface area contributed by atoms with E-state index in [0.717, 1.165) is 0 Å². The summed E-state index contributed by atoms with van der Waals surface area (Å²) in [7, 11) is 6.09. The first-order chi connectivity index (χ1) is 14.6. The number of benzene rings is 2. The van der Waals surface area contributed by atoms with Crippen LogP contribution < -0.4 is 24.6 Å². The van der Waals surface area contributed by atoms with E-state index in [-0.39, 0.29) is 17.3 Å². The molecule has 0 aliphatic heterocycles. The molecule has 0 amide bonds. The lowest BCUT2D eigenvalue weighted by Crippen LogP contribution is -2.02. The highest BCUT2D eigenvalue weighted by molar-refractivity contribution is 5.81. The first kappa shape index (κ1) is 19.3. The van der Waals surface area contributed by atoms with Crippen LogP contribution in [0.1, 0.15) is 0 Å². The maximum atomic E-state index is 12.4. The Labute approximate surface area is 170 Å². The van der Waals surface area contributed by atoms with Gasteiger partial charge in [0.05, 0.1) is 28.4 Å². The van der Waals surface area contributed by atoms with Crippen LogP contribution in [0.4, 0.5) is 0 Å². The number of hydrogen-bond acceptors (Lipinski definition) is 9. The molecule has 0 unspecified atom stereocenters. The van der Waals surface area contributed by atoms with Crippen molar-refractivity contribution in [3.63, 3.8) is 0 Å². The molecule has 2 aromatic carbocycles. The van der Waals surface area contributed by atoms with Crippen LogP contribution in [0.25, 0.3) is 33.9 Å². The highest BCUT2D eigenvalue weighted by Crippen LogP contribution is 2.41. The third-order valence-corrected chi connectivity index (χ3v) is 4.51. The van der Waals surface area contributed by atoms with E-state index in [9.17, 15) is 4.79 Å². The standard InChI is InChI=1S/C21H18N2O7/c1-25-13-5-6-15-11(7-13)8-14(21(24)29-15)20-23-22-19(30-20)12-9-16(26-2)18(28-4)17(10-12)27-3/h5-10H,1-4H3. The molecule has 0 fully saturated rings. The third kappa shape index (κ3) is 3.30. The average molecular weight is 410 g/mol. The summed E-state index contributed by atoms with van der Waals surface area (Å²) in [6.45, 7) is 0. The monoisotopic (exact) mass is 410 g/mol. The Balaban J connectivity index is 1.80. The van der Waals surface area contributed by atoms with E-state index in [4.69, 9.17) is 27.8 Å². The Morgan fingerprint density at radius 3 is 2.10 bits per heavy atom. The Hall–Kier alpha value is -4.01. The summed E-state index contributed by atoms with van der Waals surface area (Å²) >= 11 is 0. The topological polar surface area (TPSA) is 106 Å². The number of hydrogen-bond donors (Lipinski definition) is 0. The summed E-state index contributed by atoms with van der Waals surface area (Å²) in [5.74, 6) is 2.14. The third-order valence-electron chi connectivity index (χ3n) is 4.51. The molecule has 4 rings (SSSR count). The van der Waals surface area contributed by atoms with Gasteiger partial charge in [0.2, 0.25) is 11.6 Å². The molecular weight excluding hydrogens is 392 g/mol. The molecule has 0 saturated heterocycles. The van der Waals surface area contributed by atoms with Gasteiger partial charge in [-0.3, -0.25) is 0 Å². The highest BCUT2D eigenvalue weighted by atomic mass is 16.5. The van der Waals surface area contributed by atoms with E-state index in [1.807, 2.05) is 0 Å². The predicted octanol–water partition coefficient (Wildman–Crippen LogP) is 3.54. The van der Waals surface area contributed by atoms with Gasteiger partial charge >= 0.3 is 5.63 Å². The van der Waals surface area contributed by atoms with E-state index >= 15 is 0 Å².